The zero-order valence-corrected chi connectivity index (χ0v) is 7.33. The Morgan fingerprint density at radius 2 is 2.36 bits per heavy atom. The van der Waals surface area contributed by atoms with Crippen LogP contribution in [0.1, 0.15) is 26.8 Å². The maximum absolute atomic E-state index is 4.19. The van der Waals surface area contributed by atoms with Crippen molar-refractivity contribution in [1.82, 2.24) is 9.78 Å². The molecule has 3 heteroatoms. The Bertz CT molecular complexity index is 215. The Morgan fingerprint density at radius 3 is 2.91 bits per heavy atom. The van der Waals surface area contributed by atoms with E-state index in [-0.39, 0.29) is 0 Å². The summed E-state index contributed by atoms with van der Waals surface area (Å²) in [5.74, 6) is 1.10. The molecule has 0 unspecified atom stereocenters. The third-order valence-electron chi connectivity index (χ3n) is 1.52. The highest BCUT2D eigenvalue weighted by Gasteiger charge is 2.02. The number of nitrogens with one attached hydrogen (secondary N) is 1. The molecule has 0 saturated heterocycles. The first kappa shape index (κ1) is 8.11. The summed E-state index contributed by atoms with van der Waals surface area (Å²) in [6, 6.07) is 2.42. The molecule has 11 heavy (non-hydrogen) atoms. The van der Waals surface area contributed by atoms with Gasteiger partial charge in [0.1, 0.15) is 5.82 Å². The SMILES string of the molecule is CCNc1ccnn1C(C)C. The van der Waals surface area contributed by atoms with Crippen LogP contribution >= 0.6 is 0 Å². The van der Waals surface area contributed by atoms with Gasteiger partial charge >= 0.3 is 0 Å². The van der Waals surface area contributed by atoms with E-state index in [1.807, 2.05) is 16.9 Å². The Hall–Kier alpha value is -0.990. The summed E-state index contributed by atoms with van der Waals surface area (Å²) in [6.07, 6.45) is 1.82. The van der Waals surface area contributed by atoms with Gasteiger partial charge in [-0.3, -0.25) is 0 Å². The fourth-order valence-corrected chi connectivity index (χ4v) is 1.05. The van der Waals surface area contributed by atoms with Crippen LogP contribution in [-0.4, -0.2) is 16.3 Å². The highest BCUT2D eigenvalue weighted by Crippen LogP contribution is 2.11. The van der Waals surface area contributed by atoms with Crippen LogP contribution in [0.2, 0.25) is 0 Å². The van der Waals surface area contributed by atoms with Crippen LogP contribution in [-0.2, 0) is 0 Å². The Kier molecular flexibility index (Phi) is 2.52. The van der Waals surface area contributed by atoms with Crippen LogP contribution in [0, 0.1) is 0 Å². The van der Waals surface area contributed by atoms with Crippen LogP contribution in [0.5, 0.6) is 0 Å². The van der Waals surface area contributed by atoms with E-state index in [9.17, 15) is 0 Å². The summed E-state index contributed by atoms with van der Waals surface area (Å²) in [6.45, 7) is 7.26. The van der Waals surface area contributed by atoms with Crippen molar-refractivity contribution in [2.24, 2.45) is 0 Å². The fraction of sp³-hybridized carbons (Fsp3) is 0.625. The zero-order valence-electron chi connectivity index (χ0n) is 7.33. The maximum Gasteiger partial charge on any atom is 0.124 e. The smallest absolute Gasteiger partial charge is 0.124 e. The molecule has 0 fully saturated rings. The molecule has 1 aromatic rings. The van der Waals surface area contributed by atoms with E-state index < -0.39 is 0 Å². The molecule has 0 saturated carbocycles. The number of rotatable bonds is 3. The van der Waals surface area contributed by atoms with Gasteiger partial charge in [0.25, 0.3) is 0 Å². The lowest BCUT2D eigenvalue weighted by atomic mass is 10.4. The first-order chi connectivity index (χ1) is 5.25. The number of anilines is 1. The van der Waals surface area contributed by atoms with E-state index in [1.165, 1.54) is 0 Å². The third-order valence-corrected chi connectivity index (χ3v) is 1.52. The first-order valence-corrected chi connectivity index (χ1v) is 4.03. The number of nitrogens with zero attached hydrogens (tertiary/aromatic N) is 2. The van der Waals surface area contributed by atoms with Crippen LogP contribution in [0.4, 0.5) is 5.82 Å². The van der Waals surface area contributed by atoms with E-state index in [1.54, 1.807) is 0 Å². The lowest BCUT2D eigenvalue weighted by molar-refractivity contribution is 0.538. The summed E-state index contributed by atoms with van der Waals surface area (Å²) < 4.78 is 1.98. The first-order valence-electron chi connectivity index (χ1n) is 4.03. The Balaban J connectivity index is 2.78. The van der Waals surface area contributed by atoms with Gasteiger partial charge in [-0.1, -0.05) is 0 Å². The van der Waals surface area contributed by atoms with Crippen molar-refractivity contribution in [2.45, 2.75) is 26.8 Å². The molecule has 0 aliphatic carbocycles. The largest absolute Gasteiger partial charge is 0.371 e. The molecule has 0 spiro atoms. The minimum Gasteiger partial charge on any atom is -0.371 e. The second-order valence-electron chi connectivity index (χ2n) is 2.79. The van der Waals surface area contributed by atoms with Gasteiger partial charge in [0, 0.05) is 18.7 Å². The van der Waals surface area contributed by atoms with Gasteiger partial charge in [0.15, 0.2) is 0 Å². The van der Waals surface area contributed by atoms with Gasteiger partial charge in [-0.25, -0.2) is 4.68 Å². The van der Waals surface area contributed by atoms with Crippen molar-refractivity contribution in [2.75, 3.05) is 11.9 Å². The van der Waals surface area contributed by atoms with Crippen molar-refractivity contribution in [1.29, 1.82) is 0 Å². The van der Waals surface area contributed by atoms with E-state index >= 15 is 0 Å². The molecular weight excluding hydrogens is 138 g/mol. The minimum atomic E-state index is 0.430. The molecule has 0 bridgehead atoms. The molecule has 0 amide bonds. The van der Waals surface area contributed by atoms with Crippen molar-refractivity contribution in [3.63, 3.8) is 0 Å². The van der Waals surface area contributed by atoms with Gasteiger partial charge in [0.2, 0.25) is 0 Å². The van der Waals surface area contributed by atoms with Gasteiger partial charge in [-0.2, -0.15) is 5.10 Å². The predicted octanol–water partition coefficient (Wildman–Crippen LogP) is 1.90. The predicted molar refractivity (Wildman–Crippen MR) is 46.8 cm³/mol. The van der Waals surface area contributed by atoms with Crippen LogP contribution in [0.3, 0.4) is 0 Å². The van der Waals surface area contributed by atoms with Crippen LogP contribution in [0.15, 0.2) is 12.3 Å². The normalized spacial score (nSPS) is 10.5. The number of hydrogen-bond acceptors (Lipinski definition) is 2. The van der Waals surface area contributed by atoms with Crippen molar-refractivity contribution >= 4 is 5.82 Å². The molecule has 1 N–H and O–H groups in total. The van der Waals surface area contributed by atoms with Gasteiger partial charge in [-0.15, -0.1) is 0 Å². The molecule has 0 aromatic carbocycles. The van der Waals surface area contributed by atoms with Crippen LogP contribution in [0.25, 0.3) is 0 Å². The highest BCUT2D eigenvalue weighted by atomic mass is 15.3. The van der Waals surface area contributed by atoms with Crippen molar-refractivity contribution in [3.8, 4) is 0 Å². The molecule has 1 aromatic heterocycles. The van der Waals surface area contributed by atoms with Gasteiger partial charge in [-0.05, 0) is 20.8 Å². The van der Waals surface area contributed by atoms with E-state index in [2.05, 4.69) is 31.2 Å². The molecular formula is C8H15N3. The summed E-state index contributed by atoms with van der Waals surface area (Å²) in [4.78, 5) is 0. The average molecular weight is 153 g/mol. The van der Waals surface area contributed by atoms with E-state index in [0.717, 1.165) is 12.4 Å². The Labute approximate surface area is 67.4 Å². The zero-order chi connectivity index (χ0) is 8.27. The average Bonchev–Trinajstić information content (AvgIpc) is 2.36. The lowest BCUT2D eigenvalue weighted by Crippen LogP contribution is -2.09. The fourth-order valence-electron chi connectivity index (χ4n) is 1.05. The standard InChI is InChI=1S/C8H15N3/c1-4-9-8-5-6-10-11(8)7(2)3/h5-7,9H,4H2,1-3H3. The summed E-state index contributed by atoms with van der Waals surface area (Å²) in [7, 11) is 0. The van der Waals surface area contributed by atoms with Crippen molar-refractivity contribution < 1.29 is 0 Å². The summed E-state index contributed by atoms with van der Waals surface area (Å²) >= 11 is 0. The molecule has 0 radical (unpaired) electrons. The van der Waals surface area contributed by atoms with Gasteiger partial charge < -0.3 is 5.32 Å². The maximum atomic E-state index is 4.19. The van der Waals surface area contributed by atoms with Crippen molar-refractivity contribution in [3.05, 3.63) is 12.3 Å². The van der Waals surface area contributed by atoms with E-state index in [0.29, 0.717) is 6.04 Å². The third kappa shape index (κ3) is 1.73. The Morgan fingerprint density at radius 1 is 1.64 bits per heavy atom. The minimum absolute atomic E-state index is 0.430. The quantitative estimate of drug-likeness (QED) is 0.718. The van der Waals surface area contributed by atoms with Crippen LogP contribution < -0.4 is 5.32 Å². The monoisotopic (exact) mass is 153 g/mol. The molecule has 0 atom stereocenters. The highest BCUT2D eigenvalue weighted by molar-refractivity contribution is 5.33. The summed E-state index contributed by atoms with van der Waals surface area (Å²) in [5.41, 5.74) is 0. The second-order valence-corrected chi connectivity index (χ2v) is 2.79. The number of hydrogen-bond donors (Lipinski definition) is 1. The molecule has 3 nitrogen and oxygen atoms in total. The molecule has 0 aliphatic heterocycles. The number of aromatic nitrogens is 2. The topological polar surface area (TPSA) is 29.9 Å². The molecule has 1 rings (SSSR count). The van der Waals surface area contributed by atoms with Gasteiger partial charge in [0.05, 0.1) is 6.20 Å². The molecule has 1 heterocycles. The molecule has 62 valence electrons. The summed E-state index contributed by atoms with van der Waals surface area (Å²) in [5, 5.41) is 7.43. The lowest BCUT2D eigenvalue weighted by Gasteiger charge is -2.10. The van der Waals surface area contributed by atoms with E-state index in [4.69, 9.17) is 0 Å². The molecule has 0 aliphatic rings. The second kappa shape index (κ2) is 3.42.